The van der Waals surface area contributed by atoms with Gasteiger partial charge in [-0.3, -0.25) is 4.99 Å². The van der Waals surface area contributed by atoms with Gasteiger partial charge in [-0.1, -0.05) is 0 Å². The summed E-state index contributed by atoms with van der Waals surface area (Å²) in [6.07, 6.45) is 2.31. The van der Waals surface area contributed by atoms with Crippen LogP contribution in [0.5, 0.6) is 0 Å². The van der Waals surface area contributed by atoms with Crippen LogP contribution in [-0.4, -0.2) is 63.8 Å². The molecule has 1 aromatic heterocycles. The van der Waals surface area contributed by atoms with E-state index >= 15 is 0 Å². The van der Waals surface area contributed by atoms with Crippen molar-refractivity contribution >= 4 is 22.4 Å². The highest BCUT2D eigenvalue weighted by molar-refractivity contribution is 7.80. The van der Waals surface area contributed by atoms with E-state index in [0.29, 0.717) is 36.6 Å². The van der Waals surface area contributed by atoms with E-state index in [4.69, 9.17) is 15.9 Å². The van der Waals surface area contributed by atoms with Gasteiger partial charge in [-0.2, -0.15) is 9.35 Å². The summed E-state index contributed by atoms with van der Waals surface area (Å²) < 4.78 is 42.5. The molecule has 13 nitrogen and oxygen atoms in total. The first-order valence-corrected chi connectivity index (χ1v) is 9.72. The van der Waals surface area contributed by atoms with Crippen molar-refractivity contribution in [1.82, 2.24) is 20.2 Å². The Bertz CT molecular complexity index is 882. The van der Waals surface area contributed by atoms with E-state index in [1.54, 1.807) is 0 Å². The number of fused-ring (bicyclic) bond motifs is 2. The molecule has 0 aromatic carbocycles. The zero-order chi connectivity index (χ0) is 19.3. The lowest BCUT2D eigenvalue weighted by atomic mass is 9.80. The third kappa shape index (κ3) is 3.42. The van der Waals surface area contributed by atoms with Crippen molar-refractivity contribution in [1.29, 1.82) is 0 Å². The number of carbonyl (C=O) groups excluding carboxylic acids is 1. The van der Waals surface area contributed by atoms with Gasteiger partial charge >= 0.3 is 7.46 Å². The van der Waals surface area contributed by atoms with Crippen LogP contribution in [0.15, 0.2) is 9.41 Å². The summed E-state index contributed by atoms with van der Waals surface area (Å²) in [5, 5.41) is 8.72. The second kappa shape index (κ2) is 6.31. The minimum Gasteiger partial charge on any atom is -0.724 e. The topological polar surface area (TPSA) is 193 Å². The Morgan fingerprint density at radius 2 is 2.00 bits per heavy atom. The molecule has 0 unspecified atom stereocenters. The number of hydroxylamine groups is 2. The van der Waals surface area contributed by atoms with Gasteiger partial charge in [-0.05, 0) is 25.7 Å². The molecule has 3 aliphatic rings. The van der Waals surface area contributed by atoms with Gasteiger partial charge in [0.25, 0.3) is 0 Å². The second-order valence-electron chi connectivity index (χ2n) is 6.85. The zero-order valence-corrected chi connectivity index (χ0v) is 14.9. The zero-order valence-electron chi connectivity index (χ0n) is 15.1. The fourth-order valence-electron chi connectivity index (χ4n) is 3.74. The highest BCUT2D eigenvalue weighted by atomic mass is 32.3. The van der Waals surface area contributed by atoms with E-state index in [9.17, 15) is 17.8 Å². The number of aromatic nitrogens is 2. The first-order chi connectivity index (χ1) is 12.7. The normalized spacial score (nSPS) is 30.3. The smallest absolute Gasteiger partial charge is 0.724 e. The largest absolute Gasteiger partial charge is 1.00 e. The molecule has 14 heteroatoms. The van der Waals surface area contributed by atoms with Crippen molar-refractivity contribution < 1.29 is 27.9 Å². The number of nitrogens with zero attached hydrogens (tertiary/aromatic N) is 5. The van der Waals surface area contributed by atoms with Crippen molar-refractivity contribution in [3.63, 3.8) is 0 Å². The summed E-state index contributed by atoms with van der Waals surface area (Å²) in [5.41, 5.74) is 10.7. The lowest BCUT2D eigenvalue weighted by Gasteiger charge is -2.30. The standard InChI is InChI=1S/C13H19N7O6S/c14-12(15)16-7-3-6(4-7)10-17-18-11(25-10)9-2-1-8-5-19(9)13(21)20(8)26-27(22,23)24/h6-9H,1-5H2,(H4,14,15,16)(H,22,23,24)/t6?,7?,8-,9+/m1/s1. The fourth-order valence-corrected chi connectivity index (χ4v) is 4.12. The van der Waals surface area contributed by atoms with Gasteiger partial charge in [0, 0.05) is 12.5 Å². The summed E-state index contributed by atoms with van der Waals surface area (Å²) >= 11 is 0. The average molecular weight is 401 g/mol. The van der Waals surface area contributed by atoms with Gasteiger partial charge in [0.15, 0.2) is 5.96 Å². The predicted octanol–water partition coefficient (Wildman–Crippen LogP) is -0.966. The molecule has 0 radical (unpaired) electrons. The number of hydrogen-bond acceptors (Lipinski definition) is 9. The van der Waals surface area contributed by atoms with Crippen molar-refractivity contribution in [3.05, 3.63) is 11.8 Å². The molecule has 1 saturated carbocycles. The molecule has 2 aliphatic heterocycles. The number of rotatable bonds is 5. The Balaban J connectivity index is 0.00000225. The number of guanidine groups is 1. The number of hydrogen-bond donors (Lipinski definition) is 2. The van der Waals surface area contributed by atoms with Gasteiger partial charge in [0.1, 0.15) is 6.04 Å². The molecule has 3 fully saturated rings. The Labute approximate surface area is 155 Å². The molecular formula is C13H19N7O6S. The number of aliphatic imine (C=N–C) groups is 1. The van der Waals surface area contributed by atoms with Crippen molar-refractivity contribution in [2.75, 3.05) is 6.54 Å². The van der Waals surface area contributed by atoms with E-state index in [1.165, 1.54) is 4.90 Å². The molecule has 4 rings (SSSR count). The minimum absolute atomic E-state index is 0. The maximum Gasteiger partial charge on any atom is 1.00 e. The molecule has 2 amide bonds. The molecule has 3 heterocycles. The van der Waals surface area contributed by atoms with Gasteiger partial charge in [0.05, 0.1) is 12.1 Å². The summed E-state index contributed by atoms with van der Waals surface area (Å²) in [6, 6.07) is -1.68. The third-order valence-electron chi connectivity index (χ3n) is 5.03. The third-order valence-corrected chi connectivity index (χ3v) is 5.37. The number of piperidine rings is 1. The molecule has 2 atom stereocenters. The van der Waals surface area contributed by atoms with Gasteiger partial charge < -0.3 is 25.3 Å². The summed E-state index contributed by atoms with van der Waals surface area (Å²) in [5.74, 6) is 0.821. The van der Waals surface area contributed by atoms with Crippen LogP contribution in [0.3, 0.4) is 0 Å². The summed E-state index contributed by atoms with van der Waals surface area (Å²) in [7, 11) is -5.03. The minimum atomic E-state index is -5.03. The van der Waals surface area contributed by atoms with E-state index in [0.717, 1.165) is 0 Å². The maximum atomic E-state index is 12.4. The van der Waals surface area contributed by atoms with Gasteiger partial charge in [-0.15, -0.1) is 10.2 Å². The predicted molar refractivity (Wildman–Crippen MR) is 87.5 cm³/mol. The molecule has 4 N–H and O–H groups in total. The quantitative estimate of drug-likeness (QED) is 0.268. The Morgan fingerprint density at radius 3 is 2.67 bits per heavy atom. The molecule has 27 heavy (non-hydrogen) atoms. The molecule has 1 aliphatic carbocycles. The van der Waals surface area contributed by atoms with Crippen LogP contribution >= 0.6 is 0 Å². The lowest BCUT2D eigenvalue weighted by Crippen LogP contribution is -2.35. The van der Waals surface area contributed by atoms with Crippen LogP contribution in [0.4, 0.5) is 4.79 Å². The van der Waals surface area contributed by atoms with Crippen LogP contribution in [0.2, 0.25) is 0 Å². The number of urea groups is 1. The van der Waals surface area contributed by atoms with E-state index in [2.05, 4.69) is 19.5 Å². The Kier molecular flexibility index (Phi) is 4.20. The SMILES string of the molecule is NC(N)=NC1CC(c2nnc([C@@H]3CC[C@@H]4CN3C(=O)N4OS(=O)(=O)[O-])o2)C1.[H+]. The first kappa shape index (κ1) is 17.9. The average Bonchev–Trinajstić information content (AvgIpc) is 3.10. The molecule has 2 saturated heterocycles. The van der Waals surface area contributed by atoms with Crippen LogP contribution in [0.1, 0.15) is 50.9 Å². The highest BCUT2D eigenvalue weighted by Gasteiger charge is 2.48. The fraction of sp³-hybridized carbons (Fsp3) is 0.692. The Hall–Kier alpha value is -2.45. The van der Waals surface area contributed by atoms with Gasteiger partial charge in [0.2, 0.25) is 22.2 Å². The monoisotopic (exact) mass is 401 g/mol. The van der Waals surface area contributed by atoms with E-state index in [-0.39, 0.29) is 31.8 Å². The van der Waals surface area contributed by atoms with E-state index in [1.807, 2.05) is 0 Å². The van der Waals surface area contributed by atoms with Crippen molar-refractivity contribution in [2.45, 2.75) is 49.7 Å². The first-order valence-electron chi connectivity index (χ1n) is 8.38. The lowest BCUT2D eigenvalue weighted by molar-refractivity contribution is -0.0328. The summed E-state index contributed by atoms with van der Waals surface area (Å²) in [4.78, 5) is 17.8. The highest BCUT2D eigenvalue weighted by Crippen LogP contribution is 2.41. The summed E-state index contributed by atoms with van der Waals surface area (Å²) in [6.45, 7) is 0.215. The second-order valence-corrected chi connectivity index (χ2v) is 7.81. The molecule has 2 bridgehead atoms. The van der Waals surface area contributed by atoms with Crippen LogP contribution in [-0.2, 0) is 14.7 Å². The van der Waals surface area contributed by atoms with Crippen molar-refractivity contribution in [2.24, 2.45) is 16.5 Å². The molecule has 148 valence electrons. The van der Waals surface area contributed by atoms with Crippen LogP contribution < -0.4 is 11.5 Å². The van der Waals surface area contributed by atoms with Crippen LogP contribution in [0.25, 0.3) is 0 Å². The molecule has 1 aromatic rings. The number of nitrogens with two attached hydrogens (primary N) is 2. The number of amides is 2. The van der Waals surface area contributed by atoms with Gasteiger partial charge in [-0.25, -0.2) is 13.2 Å². The number of carbonyl (C=O) groups is 1. The van der Waals surface area contributed by atoms with Crippen molar-refractivity contribution in [3.8, 4) is 0 Å². The molecular weight excluding hydrogens is 382 g/mol. The van der Waals surface area contributed by atoms with E-state index < -0.39 is 28.5 Å². The van der Waals surface area contributed by atoms with Crippen LogP contribution in [0, 0.1) is 0 Å². The maximum absolute atomic E-state index is 12.4. The Morgan fingerprint density at radius 1 is 1.30 bits per heavy atom. The molecule has 0 spiro atoms.